The van der Waals surface area contributed by atoms with Crippen LogP contribution in [-0.2, 0) is 6.54 Å². The van der Waals surface area contributed by atoms with Gasteiger partial charge in [0.05, 0.1) is 13.7 Å². The molecule has 2 aromatic rings. The number of nitrogens with one attached hydrogen (secondary N) is 1. The van der Waals surface area contributed by atoms with Crippen molar-refractivity contribution in [1.82, 2.24) is 10.3 Å². The van der Waals surface area contributed by atoms with E-state index in [1.807, 2.05) is 13.0 Å². The number of rotatable bonds is 8. The van der Waals surface area contributed by atoms with Crippen LogP contribution in [0.4, 0.5) is 0 Å². The maximum Gasteiger partial charge on any atom is 0.354 e. The summed E-state index contributed by atoms with van der Waals surface area (Å²) in [5, 5.41) is 11.7. The molecule has 132 valence electrons. The maximum atomic E-state index is 12.2. The monoisotopic (exact) mass is 344 g/mol. The minimum atomic E-state index is -1.18. The van der Waals surface area contributed by atoms with Crippen molar-refractivity contribution in [2.75, 3.05) is 13.7 Å². The zero-order chi connectivity index (χ0) is 18.2. The molecule has 0 aliphatic carbocycles. The van der Waals surface area contributed by atoms with Crippen molar-refractivity contribution in [3.8, 4) is 11.5 Å². The lowest BCUT2D eigenvalue weighted by Crippen LogP contribution is -2.23. The average molecular weight is 344 g/mol. The van der Waals surface area contributed by atoms with Crippen LogP contribution >= 0.6 is 0 Å². The Labute approximate surface area is 145 Å². The summed E-state index contributed by atoms with van der Waals surface area (Å²) in [4.78, 5) is 26.8. The number of carbonyl (C=O) groups excluding carboxylic acids is 1. The molecule has 2 rings (SSSR count). The van der Waals surface area contributed by atoms with Crippen LogP contribution in [0.3, 0.4) is 0 Å². The Balaban J connectivity index is 2.04. The fourth-order valence-corrected chi connectivity index (χ4v) is 2.13. The van der Waals surface area contributed by atoms with Crippen LogP contribution in [0, 0.1) is 0 Å². The summed E-state index contributed by atoms with van der Waals surface area (Å²) in [6.45, 7) is 2.89. The Hall–Kier alpha value is -3.09. The van der Waals surface area contributed by atoms with Crippen LogP contribution < -0.4 is 14.8 Å². The number of pyridine rings is 1. The predicted octanol–water partition coefficient (Wildman–Crippen LogP) is 2.51. The van der Waals surface area contributed by atoms with Gasteiger partial charge in [-0.1, -0.05) is 13.0 Å². The van der Waals surface area contributed by atoms with Crippen molar-refractivity contribution in [2.45, 2.75) is 19.9 Å². The summed E-state index contributed by atoms with van der Waals surface area (Å²) in [5.74, 6) is -0.311. The standard InChI is InChI=1S/C18H20N2O5/c1-3-8-25-15-5-4-12(9-16(15)24-2)11-20-17(21)13-6-7-19-14(10-13)18(22)23/h4-7,9-10H,3,8,11H2,1-2H3,(H,20,21)(H,22,23). The quantitative estimate of drug-likeness (QED) is 0.763. The van der Waals surface area contributed by atoms with E-state index in [1.54, 1.807) is 19.2 Å². The number of hydrogen-bond donors (Lipinski definition) is 2. The SMILES string of the molecule is CCCOc1ccc(CNC(=O)c2ccnc(C(=O)O)c2)cc1OC. The van der Waals surface area contributed by atoms with E-state index >= 15 is 0 Å². The summed E-state index contributed by atoms with van der Waals surface area (Å²) in [5.41, 5.74) is 0.899. The van der Waals surface area contributed by atoms with Crippen LogP contribution in [0.2, 0.25) is 0 Å². The number of nitrogens with zero attached hydrogens (tertiary/aromatic N) is 1. The summed E-state index contributed by atoms with van der Waals surface area (Å²) < 4.78 is 10.9. The van der Waals surface area contributed by atoms with E-state index < -0.39 is 5.97 Å². The van der Waals surface area contributed by atoms with Gasteiger partial charge in [0.2, 0.25) is 0 Å². The van der Waals surface area contributed by atoms with E-state index in [2.05, 4.69) is 10.3 Å². The average Bonchev–Trinajstić information content (AvgIpc) is 2.64. The zero-order valence-electron chi connectivity index (χ0n) is 14.1. The highest BCUT2D eigenvalue weighted by molar-refractivity contribution is 5.96. The summed E-state index contributed by atoms with van der Waals surface area (Å²) in [6.07, 6.45) is 2.19. The molecule has 0 radical (unpaired) electrons. The van der Waals surface area contributed by atoms with Gasteiger partial charge in [0, 0.05) is 18.3 Å². The normalized spacial score (nSPS) is 10.2. The number of ether oxygens (including phenoxy) is 2. The van der Waals surface area contributed by atoms with E-state index in [-0.39, 0.29) is 23.7 Å². The molecule has 7 nitrogen and oxygen atoms in total. The van der Waals surface area contributed by atoms with Gasteiger partial charge in [-0.05, 0) is 36.2 Å². The first-order valence-corrected chi connectivity index (χ1v) is 7.82. The van der Waals surface area contributed by atoms with E-state index in [0.717, 1.165) is 12.0 Å². The van der Waals surface area contributed by atoms with Crippen molar-refractivity contribution in [2.24, 2.45) is 0 Å². The van der Waals surface area contributed by atoms with Gasteiger partial charge in [0.15, 0.2) is 11.5 Å². The van der Waals surface area contributed by atoms with Gasteiger partial charge in [-0.2, -0.15) is 0 Å². The Bertz CT molecular complexity index is 761. The molecule has 0 saturated heterocycles. The van der Waals surface area contributed by atoms with Gasteiger partial charge >= 0.3 is 5.97 Å². The van der Waals surface area contributed by atoms with Crippen molar-refractivity contribution >= 4 is 11.9 Å². The summed E-state index contributed by atoms with van der Waals surface area (Å²) in [7, 11) is 1.56. The molecule has 2 N–H and O–H groups in total. The third-order valence-corrected chi connectivity index (χ3v) is 3.38. The lowest BCUT2D eigenvalue weighted by atomic mass is 10.1. The van der Waals surface area contributed by atoms with Crippen molar-refractivity contribution in [1.29, 1.82) is 0 Å². The second-order valence-corrected chi connectivity index (χ2v) is 5.25. The number of carboxylic acids is 1. The van der Waals surface area contributed by atoms with Gasteiger partial charge in [0.1, 0.15) is 5.69 Å². The smallest absolute Gasteiger partial charge is 0.354 e. The first-order chi connectivity index (χ1) is 12.0. The van der Waals surface area contributed by atoms with E-state index in [4.69, 9.17) is 14.6 Å². The number of amides is 1. The van der Waals surface area contributed by atoms with Crippen LogP contribution in [0.1, 0.15) is 39.8 Å². The number of carboxylic acid groups (broad SMARTS) is 1. The topological polar surface area (TPSA) is 97.8 Å². The van der Waals surface area contributed by atoms with E-state index in [1.165, 1.54) is 18.3 Å². The predicted molar refractivity (Wildman–Crippen MR) is 91.1 cm³/mol. The second-order valence-electron chi connectivity index (χ2n) is 5.25. The van der Waals surface area contributed by atoms with Gasteiger partial charge < -0.3 is 19.9 Å². The highest BCUT2D eigenvalue weighted by Gasteiger charge is 2.11. The Morgan fingerprint density at radius 1 is 1.20 bits per heavy atom. The Morgan fingerprint density at radius 3 is 2.68 bits per heavy atom. The van der Waals surface area contributed by atoms with Crippen LogP contribution in [0.15, 0.2) is 36.5 Å². The fourth-order valence-electron chi connectivity index (χ4n) is 2.13. The fraction of sp³-hybridized carbons (Fsp3) is 0.278. The molecule has 25 heavy (non-hydrogen) atoms. The number of benzene rings is 1. The molecule has 1 heterocycles. The molecule has 0 aliphatic heterocycles. The van der Waals surface area contributed by atoms with Gasteiger partial charge in [-0.15, -0.1) is 0 Å². The molecule has 7 heteroatoms. The number of hydrogen-bond acceptors (Lipinski definition) is 5. The molecule has 1 aromatic carbocycles. The number of aromatic carboxylic acids is 1. The van der Waals surface area contributed by atoms with Crippen LogP contribution in [0.5, 0.6) is 11.5 Å². The van der Waals surface area contributed by atoms with Crippen molar-refractivity contribution in [3.05, 3.63) is 53.3 Å². The van der Waals surface area contributed by atoms with Crippen molar-refractivity contribution < 1.29 is 24.2 Å². The number of methoxy groups -OCH3 is 1. The lowest BCUT2D eigenvalue weighted by molar-refractivity contribution is 0.0690. The third-order valence-electron chi connectivity index (χ3n) is 3.38. The molecule has 1 aromatic heterocycles. The molecule has 1 amide bonds. The first-order valence-electron chi connectivity index (χ1n) is 7.82. The number of carbonyl (C=O) groups is 2. The molecule has 0 fully saturated rings. The largest absolute Gasteiger partial charge is 0.493 e. The van der Waals surface area contributed by atoms with Crippen LogP contribution in [-0.4, -0.2) is 35.7 Å². The number of aromatic nitrogens is 1. The second kappa shape index (κ2) is 8.68. The van der Waals surface area contributed by atoms with Gasteiger partial charge in [-0.3, -0.25) is 4.79 Å². The highest BCUT2D eigenvalue weighted by Crippen LogP contribution is 2.28. The zero-order valence-corrected chi connectivity index (χ0v) is 14.1. The summed E-state index contributed by atoms with van der Waals surface area (Å²) >= 11 is 0. The Kier molecular flexibility index (Phi) is 6.33. The molecule has 0 saturated carbocycles. The minimum Gasteiger partial charge on any atom is -0.493 e. The highest BCUT2D eigenvalue weighted by atomic mass is 16.5. The van der Waals surface area contributed by atoms with E-state index in [0.29, 0.717) is 18.1 Å². The van der Waals surface area contributed by atoms with E-state index in [9.17, 15) is 9.59 Å². The third kappa shape index (κ3) is 4.94. The molecule has 0 atom stereocenters. The molecule has 0 unspecified atom stereocenters. The Morgan fingerprint density at radius 2 is 2.00 bits per heavy atom. The van der Waals surface area contributed by atoms with Crippen LogP contribution in [0.25, 0.3) is 0 Å². The van der Waals surface area contributed by atoms with Gasteiger partial charge in [0.25, 0.3) is 5.91 Å². The molecular formula is C18H20N2O5. The molecular weight excluding hydrogens is 324 g/mol. The first kappa shape index (κ1) is 18.3. The molecule has 0 aliphatic rings. The van der Waals surface area contributed by atoms with Gasteiger partial charge in [-0.25, -0.2) is 9.78 Å². The molecule has 0 spiro atoms. The molecule has 0 bridgehead atoms. The summed E-state index contributed by atoms with van der Waals surface area (Å²) in [6, 6.07) is 8.12. The maximum absolute atomic E-state index is 12.2. The lowest BCUT2D eigenvalue weighted by Gasteiger charge is -2.12. The minimum absolute atomic E-state index is 0.174. The van der Waals surface area contributed by atoms with Crippen molar-refractivity contribution in [3.63, 3.8) is 0 Å².